The summed E-state index contributed by atoms with van der Waals surface area (Å²) in [6, 6.07) is 8.70. The molecule has 1 saturated heterocycles. The van der Waals surface area contributed by atoms with Gasteiger partial charge in [-0.15, -0.1) is 0 Å². The van der Waals surface area contributed by atoms with Gasteiger partial charge in [0.2, 0.25) is 0 Å². The van der Waals surface area contributed by atoms with Crippen molar-refractivity contribution in [2.24, 2.45) is 0 Å². The average molecular weight is 406 g/mol. The van der Waals surface area contributed by atoms with Gasteiger partial charge >= 0.3 is 5.69 Å². The maximum Gasteiger partial charge on any atom is 0.326 e. The van der Waals surface area contributed by atoms with Crippen molar-refractivity contribution < 1.29 is 4.79 Å². The van der Waals surface area contributed by atoms with Crippen LogP contribution < -0.4 is 5.69 Å². The van der Waals surface area contributed by atoms with Gasteiger partial charge in [0.25, 0.3) is 5.91 Å². The fourth-order valence-corrected chi connectivity index (χ4v) is 5.00. The second-order valence-electron chi connectivity index (χ2n) is 8.23. The quantitative estimate of drug-likeness (QED) is 0.719. The number of para-hydroxylation sites is 2. The lowest BCUT2D eigenvalue weighted by Gasteiger charge is -2.42. The fraction of sp³-hybridized carbons (Fsp3) is 0.455. The van der Waals surface area contributed by atoms with Crippen LogP contribution in [0.5, 0.6) is 0 Å². The highest BCUT2D eigenvalue weighted by atomic mass is 16.2. The van der Waals surface area contributed by atoms with Crippen molar-refractivity contribution in [2.75, 3.05) is 26.2 Å². The predicted octanol–water partition coefficient (Wildman–Crippen LogP) is 2.06. The van der Waals surface area contributed by atoms with Gasteiger partial charge in [0.15, 0.2) is 0 Å². The number of nitrogens with one attached hydrogen (secondary N) is 1. The Bertz CT molecular complexity index is 1080. The minimum atomic E-state index is -0.00308. The van der Waals surface area contributed by atoms with Gasteiger partial charge < -0.3 is 9.88 Å². The van der Waals surface area contributed by atoms with Crippen LogP contribution in [0.1, 0.15) is 42.1 Å². The van der Waals surface area contributed by atoms with E-state index in [9.17, 15) is 9.59 Å². The maximum atomic E-state index is 12.6. The Hall–Kier alpha value is -3.00. The lowest BCUT2D eigenvalue weighted by molar-refractivity contribution is 0.0499. The Labute approximate surface area is 174 Å². The molecule has 1 aliphatic carbocycles. The molecule has 30 heavy (non-hydrogen) atoms. The highest BCUT2D eigenvalue weighted by molar-refractivity contribution is 5.93. The van der Waals surface area contributed by atoms with E-state index in [1.807, 2.05) is 33.7 Å². The van der Waals surface area contributed by atoms with Crippen LogP contribution in [0.25, 0.3) is 11.0 Å². The predicted molar refractivity (Wildman–Crippen MR) is 113 cm³/mol. The molecule has 0 spiro atoms. The first-order chi connectivity index (χ1) is 14.7. The van der Waals surface area contributed by atoms with Gasteiger partial charge in [-0.3, -0.25) is 14.3 Å². The first-order valence-corrected chi connectivity index (χ1v) is 10.7. The molecule has 1 aliphatic heterocycles. The summed E-state index contributed by atoms with van der Waals surface area (Å²) in [6.45, 7) is 3.24. The largest absolute Gasteiger partial charge is 0.336 e. The highest BCUT2D eigenvalue weighted by Gasteiger charge is 2.31. The van der Waals surface area contributed by atoms with Gasteiger partial charge in [-0.1, -0.05) is 12.1 Å². The van der Waals surface area contributed by atoms with Gasteiger partial charge in [-0.05, 0) is 37.8 Å². The maximum absolute atomic E-state index is 12.6. The molecule has 0 radical (unpaired) electrons. The van der Waals surface area contributed by atoms with E-state index in [0.29, 0.717) is 11.6 Å². The Balaban J connectivity index is 1.18. The van der Waals surface area contributed by atoms with Gasteiger partial charge in [-0.2, -0.15) is 0 Å². The molecular formula is C22H26N6O2. The molecule has 156 valence electrons. The van der Waals surface area contributed by atoms with E-state index >= 15 is 0 Å². The number of fused-ring (bicyclic) bond motifs is 1. The average Bonchev–Trinajstić information content (AvgIpc) is 3.15. The lowest BCUT2D eigenvalue weighted by Crippen LogP contribution is -2.52. The molecule has 3 heterocycles. The summed E-state index contributed by atoms with van der Waals surface area (Å²) >= 11 is 0. The molecule has 8 heteroatoms. The minimum Gasteiger partial charge on any atom is -0.336 e. The molecule has 2 aromatic heterocycles. The van der Waals surface area contributed by atoms with E-state index in [1.165, 1.54) is 6.33 Å². The number of H-pyrrole nitrogens is 1. The van der Waals surface area contributed by atoms with E-state index in [-0.39, 0.29) is 17.6 Å². The van der Waals surface area contributed by atoms with Gasteiger partial charge in [-0.25, -0.2) is 14.8 Å². The van der Waals surface area contributed by atoms with E-state index < -0.39 is 0 Å². The van der Waals surface area contributed by atoms with E-state index in [1.54, 1.807) is 12.4 Å². The highest BCUT2D eigenvalue weighted by Crippen LogP contribution is 2.32. The van der Waals surface area contributed by atoms with Crippen molar-refractivity contribution in [3.63, 3.8) is 0 Å². The fourth-order valence-electron chi connectivity index (χ4n) is 5.00. The van der Waals surface area contributed by atoms with Crippen molar-refractivity contribution in [3.8, 4) is 0 Å². The number of rotatable bonds is 3. The molecule has 0 atom stereocenters. The lowest BCUT2D eigenvalue weighted by atomic mass is 9.89. The number of hydrogen-bond donors (Lipinski definition) is 1. The number of amides is 1. The summed E-state index contributed by atoms with van der Waals surface area (Å²) in [5, 5.41) is 0. The van der Waals surface area contributed by atoms with Crippen LogP contribution in [0.2, 0.25) is 0 Å². The third kappa shape index (κ3) is 3.52. The number of benzene rings is 1. The summed E-state index contributed by atoms with van der Waals surface area (Å²) < 4.78 is 1.95. The normalized spacial score (nSPS) is 23.0. The van der Waals surface area contributed by atoms with E-state index in [2.05, 4.69) is 19.9 Å². The van der Waals surface area contributed by atoms with Crippen molar-refractivity contribution >= 4 is 16.9 Å². The summed E-state index contributed by atoms with van der Waals surface area (Å²) in [7, 11) is 0. The molecule has 1 aromatic carbocycles. The molecule has 3 aromatic rings. The van der Waals surface area contributed by atoms with E-state index in [4.69, 9.17) is 0 Å². The van der Waals surface area contributed by atoms with Crippen LogP contribution in [0.3, 0.4) is 0 Å². The Morgan fingerprint density at radius 1 is 0.933 bits per heavy atom. The molecule has 1 amide bonds. The van der Waals surface area contributed by atoms with Crippen LogP contribution >= 0.6 is 0 Å². The van der Waals surface area contributed by atoms with Gasteiger partial charge in [0.1, 0.15) is 6.33 Å². The zero-order valence-corrected chi connectivity index (χ0v) is 16.9. The Kier molecular flexibility index (Phi) is 5.08. The number of carbonyl (C=O) groups excluding carboxylic acids is 1. The number of carbonyl (C=O) groups is 1. The molecule has 1 N–H and O–H groups in total. The second-order valence-corrected chi connectivity index (χ2v) is 8.23. The first-order valence-electron chi connectivity index (χ1n) is 10.7. The van der Waals surface area contributed by atoms with Gasteiger partial charge in [0, 0.05) is 50.7 Å². The number of aromatic nitrogens is 4. The second kappa shape index (κ2) is 8.02. The smallest absolute Gasteiger partial charge is 0.326 e. The topological polar surface area (TPSA) is 87.1 Å². The van der Waals surface area contributed by atoms with Crippen LogP contribution in [0.4, 0.5) is 0 Å². The van der Waals surface area contributed by atoms with Crippen LogP contribution in [0, 0.1) is 0 Å². The third-order valence-electron chi connectivity index (χ3n) is 6.58. The molecule has 8 nitrogen and oxygen atoms in total. The number of nitrogens with zero attached hydrogens (tertiary/aromatic N) is 5. The van der Waals surface area contributed by atoms with Crippen LogP contribution in [-0.4, -0.2) is 67.4 Å². The molecular weight excluding hydrogens is 380 g/mol. The molecule has 2 fully saturated rings. The summed E-state index contributed by atoms with van der Waals surface area (Å²) in [5.74, 6) is 0.0117. The molecule has 2 aliphatic rings. The van der Waals surface area contributed by atoms with Crippen molar-refractivity contribution in [3.05, 3.63) is 59.0 Å². The molecule has 1 saturated carbocycles. The van der Waals surface area contributed by atoms with Crippen molar-refractivity contribution in [1.82, 2.24) is 29.3 Å². The van der Waals surface area contributed by atoms with Crippen LogP contribution in [-0.2, 0) is 0 Å². The summed E-state index contributed by atoms with van der Waals surface area (Å²) in [5.41, 5.74) is 2.46. The molecule has 0 bridgehead atoms. The van der Waals surface area contributed by atoms with Crippen molar-refractivity contribution in [2.45, 2.75) is 37.8 Å². The molecule has 0 unspecified atom stereocenters. The monoisotopic (exact) mass is 406 g/mol. The van der Waals surface area contributed by atoms with E-state index in [0.717, 1.165) is 62.9 Å². The van der Waals surface area contributed by atoms with Crippen molar-refractivity contribution in [1.29, 1.82) is 0 Å². The summed E-state index contributed by atoms with van der Waals surface area (Å²) in [4.78, 5) is 40.4. The summed E-state index contributed by atoms with van der Waals surface area (Å²) in [6.07, 6.45) is 8.77. The number of piperazine rings is 1. The first kappa shape index (κ1) is 19.0. The number of imidazole rings is 1. The Morgan fingerprint density at radius 3 is 2.33 bits per heavy atom. The third-order valence-corrected chi connectivity index (χ3v) is 6.58. The standard InChI is InChI=1S/C22H26N6O2/c29-21(16-13-23-15-24-14-16)27-11-9-26(10-12-27)17-5-7-18(8-6-17)28-20-4-2-1-3-19(20)25-22(28)30/h1-4,13-15,17-18H,5-12H2,(H,25,30)/t17-,18-. The number of aromatic amines is 1. The molecule has 5 rings (SSSR count). The Morgan fingerprint density at radius 2 is 1.60 bits per heavy atom. The number of hydrogen-bond acceptors (Lipinski definition) is 5. The minimum absolute atomic E-state index is 0.00308. The zero-order chi connectivity index (χ0) is 20.5. The van der Waals surface area contributed by atoms with Crippen LogP contribution in [0.15, 0.2) is 47.8 Å². The zero-order valence-electron chi connectivity index (χ0n) is 16.9. The van der Waals surface area contributed by atoms with Gasteiger partial charge in [0.05, 0.1) is 16.6 Å². The SMILES string of the molecule is O=C(c1cncnc1)N1CCN([C@H]2CC[C@H](n3c(=O)[nH]c4ccccc43)CC2)CC1.